The highest BCUT2D eigenvalue weighted by Gasteiger charge is 2.42. The fourth-order valence-corrected chi connectivity index (χ4v) is 4.45. The van der Waals surface area contributed by atoms with Gasteiger partial charge in [0.1, 0.15) is 5.75 Å². The van der Waals surface area contributed by atoms with E-state index >= 15 is 0 Å². The van der Waals surface area contributed by atoms with Gasteiger partial charge in [-0.15, -0.1) is 0 Å². The summed E-state index contributed by atoms with van der Waals surface area (Å²) in [6.07, 6.45) is 0.357. The lowest BCUT2D eigenvalue weighted by Crippen LogP contribution is -2.33. The van der Waals surface area contributed by atoms with Crippen LogP contribution in [0.2, 0.25) is 15.1 Å². The number of hydrogen-bond acceptors (Lipinski definition) is 3. The molecule has 0 saturated carbocycles. The van der Waals surface area contributed by atoms with E-state index in [1.165, 1.54) is 0 Å². The van der Waals surface area contributed by atoms with Gasteiger partial charge in [-0.1, -0.05) is 77.3 Å². The van der Waals surface area contributed by atoms with E-state index in [9.17, 15) is 0 Å². The van der Waals surface area contributed by atoms with E-state index < -0.39 is 6.23 Å². The van der Waals surface area contributed by atoms with Gasteiger partial charge in [-0.3, -0.25) is 0 Å². The quantitative estimate of drug-likeness (QED) is 0.443. The molecule has 0 amide bonds. The van der Waals surface area contributed by atoms with E-state index in [-0.39, 0.29) is 6.04 Å². The molecule has 2 heterocycles. The van der Waals surface area contributed by atoms with Crippen molar-refractivity contribution in [2.45, 2.75) is 18.7 Å². The largest absolute Gasteiger partial charge is 0.463 e. The molecule has 2 atom stereocenters. The van der Waals surface area contributed by atoms with Crippen molar-refractivity contribution in [3.05, 3.63) is 98.5 Å². The van der Waals surface area contributed by atoms with Crippen molar-refractivity contribution in [2.75, 3.05) is 0 Å². The molecule has 0 fully saturated rings. The Morgan fingerprint density at radius 2 is 1.64 bits per heavy atom. The summed E-state index contributed by atoms with van der Waals surface area (Å²) in [5.74, 6) is 0.664. The van der Waals surface area contributed by atoms with Gasteiger partial charge >= 0.3 is 0 Å². The minimum absolute atomic E-state index is 0.00386. The van der Waals surface area contributed by atoms with Crippen molar-refractivity contribution in [3.63, 3.8) is 0 Å². The fourth-order valence-electron chi connectivity index (χ4n) is 3.77. The second kappa shape index (κ2) is 7.00. The van der Waals surface area contributed by atoms with Crippen molar-refractivity contribution < 1.29 is 4.74 Å². The number of rotatable bonds is 2. The Morgan fingerprint density at radius 1 is 0.893 bits per heavy atom. The number of ether oxygens (including phenoxy) is 1. The monoisotopic (exact) mass is 428 g/mol. The Morgan fingerprint density at radius 3 is 2.39 bits per heavy atom. The first kappa shape index (κ1) is 17.9. The normalized spacial score (nSPS) is 20.2. The smallest absolute Gasteiger partial charge is 0.213 e. The van der Waals surface area contributed by atoms with E-state index in [0.717, 1.165) is 28.8 Å². The molecule has 0 unspecified atom stereocenters. The summed E-state index contributed by atoms with van der Waals surface area (Å²) in [4.78, 5) is 0. The molecule has 3 aromatic carbocycles. The second-order valence-electron chi connectivity index (χ2n) is 6.84. The molecule has 0 radical (unpaired) electrons. The van der Waals surface area contributed by atoms with E-state index in [1.54, 1.807) is 6.07 Å². The number of hydrogen-bond donors (Lipinski definition) is 0. The molecule has 0 saturated heterocycles. The number of halogens is 3. The molecular formula is C22H15Cl3N2O. The predicted octanol–water partition coefficient (Wildman–Crippen LogP) is 6.89. The predicted molar refractivity (Wildman–Crippen MR) is 113 cm³/mol. The van der Waals surface area contributed by atoms with Gasteiger partial charge < -0.3 is 4.74 Å². The highest BCUT2D eigenvalue weighted by molar-refractivity contribution is 6.35. The average molecular weight is 430 g/mol. The first-order chi connectivity index (χ1) is 13.6. The van der Waals surface area contributed by atoms with Gasteiger partial charge in [0.25, 0.3) is 0 Å². The highest BCUT2D eigenvalue weighted by Crippen LogP contribution is 2.50. The van der Waals surface area contributed by atoms with Gasteiger partial charge in [-0.05, 0) is 29.8 Å². The number of hydrazone groups is 1. The SMILES string of the molecule is Clc1ccc([C@H]2Oc3c(Cl)cc(Cl)cc3[C@H]3CC(c4ccccc4)=NN32)cc1. The Hall–Kier alpha value is -2.20. The topological polar surface area (TPSA) is 24.8 Å². The van der Waals surface area contributed by atoms with Crippen LogP contribution in [0, 0.1) is 0 Å². The molecule has 3 aromatic rings. The second-order valence-corrected chi connectivity index (χ2v) is 8.12. The van der Waals surface area contributed by atoms with E-state index in [4.69, 9.17) is 44.6 Å². The molecule has 140 valence electrons. The average Bonchev–Trinajstić information content (AvgIpc) is 3.15. The standard InChI is InChI=1S/C22H15Cl3N2O/c23-15-8-6-14(7-9-15)22-27-20(12-19(26-27)13-4-2-1-3-5-13)17-10-16(24)11-18(25)21(17)28-22/h1-11,20,22H,12H2/t20-,22-/m1/s1. The molecule has 2 aliphatic rings. The molecule has 0 aromatic heterocycles. The van der Waals surface area contributed by atoms with Crippen LogP contribution < -0.4 is 4.74 Å². The first-order valence-corrected chi connectivity index (χ1v) is 10.1. The summed E-state index contributed by atoms with van der Waals surface area (Å²) < 4.78 is 6.33. The van der Waals surface area contributed by atoms with Gasteiger partial charge in [0, 0.05) is 27.6 Å². The summed E-state index contributed by atoms with van der Waals surface area (Å²) in [7, 11) is 0. The van der Waals surface area contributed by atoms with E-state index in [1.807, 2.05) is 53.5 Å². The fraction of sp³-hybridized carbons (Fsp3) is 0.136. The van der Waals surface area contributed by atoms with Crippen LogP contribution in [0.5, 0.6) is 5.75 Å². The Bertz CT molecular complexity index is 1070. The minimum atomic E-state index is -0.394. The third-order valence-electron chi connectivity index (χ3n) is 5.07. The molecule has 28 heavy (non-hydrogen) atoms. The van der Waals surface area contributed by atoms with E-state index in [0.29, 0.717) is 20.8 Å². The summed E-state index contributed by atoms with van der Waals surface area (Å²) in [6.45, 7) is 0. The molecule has 0 N–H and O–H groups in total. The van der Waals surface area contributed by atoms with Crippen LogP contribution in [-0.4, -0.2) is 10.7 Å². The van der Waals surface area contributed by atoms with Crippen LogP contribution in [0.15, 0.2) is 71.8 Å². The summed E-state index contributed by atoms with van der Waals surface area (Å²) in [5, 5.41) is 8.70. The van der Waals surface area contributed by atoms with Crippen LogP contribution in [0.4, 0.5) is 0 Å². The van der Waals surface area contributed by atoms with Crippen molar-refractivity contribution in [1.82, 2.24) is 5.01 Å². The number of benzene rings is 3. The lowest BCUT2D eigenvalue weighted by molar-refractivity contribution is -0.0189. The maximum Gasteiger partial charge on any atom is 0.213 e. The zero-order chi connectivity index (χ0) is 19.3. The Kier molecular flexibility index (Phi) is 4.47. The van der Waals surface area contributed by atoms with Gasteiger partial charge in [0.05, 0.1) is 16.8 Å². The number of nitrogens with zero attached hydrogens (tertiary/aromatic N) is 2. The van der Waals surface area contributed by atoms with Crippen molar-refractivity contribution >= 4 is 40.5 Å². The lowest BCUT2D eigenvalue weighted by atomic mass is 9.96. The van der Waals surface area contributed by atoms with Crippen molar-refractivity contribution in [1.29, 1.82) is 0 Å². The zero-order valence-electron chi connectivity index (χ0n) is 14.6. The highest BCUT2D eigenvalue weighted by atomic mass is 35.5. The molecular weight excluding hydrogens is 415 g/mol. The van der Waals surface area contributed by atoms with Crippen LogP contribution in [0.3, 0.4) is 0 Å². The minimum Gasteiger partial charge on any atom is -0.463 e. The molecule has 5 rings (SSSR count). The van der Waals surface area contributed by atoms with Gasteiger partial charge in [0.15, 0.2) is 0 Å². The maximum absolute atomic E-state index is 6.48. The van der Waals surface area contributed by atoms with Gasteiger partial charge in [-0.25, -0.2) is 5.01 Å². The Balaban J connectivity index is 1.63. The first-order valence-electron chi connectivity index (χ1n) is 8.92. The van der Waals surface area contributed by atoms with Crippen molar-refractivity contribution in [3.8, 4) is 5.75 Å². The molecule has 0 spiro atoms. The lowest BCUT2D eigenvalue weighted by Gasteiger charge is -2.38. The summed E-state index contributed by atoms with van der Waals surface area (Å²) in [6, 6.07) is 21.4. The molecule has 6 heteroatoms. The summed E-state index contributed by atoms with van der Waals surface area (Å²) in [5.41, 5.74) is 4.03. The van der Waals surface area contributed by atoms with Crippen LogP contribution in [-0.2, 0) is 0 Å². The number of fused-ring (bicyclic) bond motifs is 3. The maximum atomic E-state index is 6.48. The summed E-state index contributed by atoms with van der Waals surface area (Å²) >= 11 is 18.8. The van der Waals surface area contributed by atoms with Gasteiger partial charge in [0.2, 0.25) is 6.23 Å². The molecule has 0 aliphatic carbocycles. The molecule has 3 nitrogen and oxygen atoms in total. The zero-order valence-corrected chi connectivity index (χ0v) is 16.9. The molecule has 2 aliphatic heterocycles. The Labute approximate surface area is 178 Å². The van der Waals surface area contributed by atoms with Gasteiger partial charge in [-0.2, -0.15) is 5.10 Å². The van der Waals surface area contributed by atoms with Crippen LogP contribution in [0.25, 0.3) is 0 Å². The van der Waals surface area contributed by atoms with Crippen LogP contribution in [0.1, 0.15) is 35.4 Å². The van der Waals surface area contributed by atoms with Crippen LogP contribution >= 0.6 is 34.8 Å². The molecule has 0 bridgehead atoms. The van der Waals surface area contributed by atoms with E-state index in [2.05, 4.69) is 12.1 Å². The third-order valence-corrected chi connectivity index (χ3v) is 5.82. The third kappa shape index (κ3) is 3.04. The van der Waals surface area contributed by atoms with Crippen molar-refractivity contribution in [2.24, 2.45) is 5.10 Å².